The molecule has 8 nitrogen and oxygen atoms in total. The summed E-state index contributed by atoms with van der Waals surface area (Å²) in [5, 5.41) is 9.98. The molecule has 2 aliphatic rings. The Bertz CT molecular complexity index is 1120. The van der Waals surface area contributed by atoms with E-state index in [1.165, 1.54) is 6.42 Å². The average molecular weight is 495 g/mol. The smallest absolute Gasteiger partial charge is 0.286 e. The number of nitrogens with zero attached hydrogens (tertiary/aromatic N) is 3. The number of carbonyl (C=O) groups excluding carboxylic acids is 2. The molecule has 2 aliphatic carbocycles. The summed E-state index contributed by atoms with van der Waals surface area (Å²) in [4.78, 5) is 39.9. The number of amides is 2. The number of hydrogen-bond donors (Lipinski definition) is 1. The Morgan fingerprint density at radius 3 is 2.50 bits per heavy atom. The Labute approximate surface area is 213 Å². The minimum atomic E-state index is -0.709. The fourth-order valence-corrected chi connectivity index (χ4v) is 5.60. The number of anilines is 1. The molecule has 2 heterocycles. The van der Waals surface area contributed by atoms with Crippen LogP contribution in [0, 0.1) is 30.1 Å². The monoisotopic (exact) mass is 494 g/mol. The van der Waals surface area contributed by atoms with Crippen molar-refractivity contribution < 1.29 is 14.1 Å². The van der Waals surface area contributed by atoms with Crippen molar-refractivity contribution in [3.05, 3.63) is 45.4 Å². The third-order valence-electron chi connectivity index (χ3n) is 7.40. The molecule has 8 heteroatoms. The highest BCUT2D eigenvalue weighted by Crippen LogP contribution is 2.53. The molecule has 0 radical (unpaired) electrons. The molecular weight excluding hydrogens is 456 g/mol. The highest BCUT2D eigenvalue weighted by molar-refractivity contribution is 5.91. The molecule has 1 atom stereocenters. The van der Waals surface area contributed by atoms with E-state index >= 15 is 0 Å². The summed E-state index contributed by atoms with van der Waals surface area (Å²) in [5.74, 6) is 1.22. The van der Waals surface area contributed by atoms with E-state index in [4.69, 9.17) is 4.52 Å². The van der Waals surface area contributed by atoms with Crippen LogP contribution in [0.2, 0.25) is 0 Å². The maximum atomic E-state index is 13.1. The van der Waals surface area contributed by atoms with E-state index in [0.29, 0.717) is 35.3 Å². The van der Waals surface area contributed by atoms with Crippen molar-refractivity contribution in [2.45, 2.75) is 104 Å². The molecule has 4 rings (SSSR count). The van der Waals surface area contributed by atoms with Gasteiger partial charge in [0.05, 0.1) is 17.1 Å². The van der Waals surface area contributed by atoms with Crippen molar-refractivity contribution in [2.75, 3.05) is 5.32 Å². The standard InChI is InChI=1S/C28H38N4O4/c1-16-6-10-22(17(2)29-16)30-24(34)14-20(9-11-23(33)31-35)26-25(19-7-8-19)27(36-32-26)21-12-18(13-21)15-28(3,4)5/h6,10,18-21H,7-9,11-15H2,1-5H3,(H,30,34)/t18?,20-,21?/m0/s1. The highest BCUT2D eigenvalue weighted by Gasteiger charge is 2.42. The second-order valence-corrected chi connectivity index (χ2v) is 12.0. The number of aryl methyl sites for hydroxylation is 2. The lowest BCUT2D eigenvalue weighted by molar-refractivity contribution is -0.119. The van der Waals surface area contributed by atoms with Crippen LogP contribution in [0.15, 0.2) is 21.8 Å². The zero-order valence-electron chi connectivity index (χ0n) is 22.1. The van der Waals surface area contributed by atoms with Gasteiger partial charge in [0, 0.05) is 41.1 Å². The zero-order chi connectivity index (χ0) is 26.0. The van der Waals surface area contributed by atoms with Crippen molar-refractivity contribution in [2.24, 2.45) is 16.5 Å². The average Bonchev–Trinajstić information content (AvgIpc) is 3.53. The Morgan fingerprint density at radius 2 is 1.89 bits per heavy atom. The van der Waals surface area contributed by atoms with Crippen LogP contribution < -0.4 is 5.32 Å². The third kappa shape index (κ3) is 6.45. The molecule has 0 aliphatic heterocycles. The van der Waals surface area contributed by atoms with Crippen molar-refractivity contribution in [3.8, 4) is 0 Å². The zero-order valence-corrected chi connectivity index (χ0v) is 22.1. The SMILES string of the molecule is Cc1ccc(NC(=O)C[C@H](CCC(=O)N=O)c2noc(C3CC(CC(C)(C)C)C3)c2C2CC2)c(C)n1. The lowest BCUT2D eigenvalue weighted by atomic mass is 9.66. The summed E-state index contributed by atoms with van der Waals surface area (Å²) in [6.45, 7) is 10.6. The molecule has 2 fully saturated rings. The van der Waals surface area contributed by atoms with Gasteiger partial charge in [-0.15, -0.1) is 4.91 Å². The molecule has 36 heavy (non-hydrogen) atoms. The fraction of sp³-hybridized carbons (Fsp3) is 0.643. The lowest BCUT2D eigenvalue weighted by Gasteiger charge is -2.38. The topological polar surface area (TPSA) is 115 Å². The van der Waals surface area contributed by atoms with Crippen molar-refractivity contribution in [1.29, 1.82) is 0 Å². The molecule has 2 aromatic heterocycles. The molecule has 0 spiro atoms. The van der Waals surface area contributed by atoms with Crippen molar-refractivity contribution >= 4 is 17.5 Å². The number of aromatic nitrogens is 2. The molecule has 2 aromatic rings. The van der Waals surface area contributed by atoms with Gasteiger partial charge in [-0.25, -0.2) is 0 Å². The molecular formula is C28H38N4O4. The number of rotatable bonds is 10. The van der Waals surface area contributed by atoms with Crippen LogP contribution in [0.5, 0.6) is 0 Å². The molecule has 0 bridgehead atoms. The third-order valence-corrected chi connectivity index (χ3v) is 7.40. The predicted octanol–water partition coefficient (Wildman–Crippen LogP) is 6.68. The Morgan fingerprint density at radius 1 is 1.17 bits per heavy atom. The Balaban J connectivity index is 1.53. The van der Waals surface area contributed by atoms with Crippen LogP contribution in [-0.2, 0) is 9.59 Å². The van der Waals surface area contributed by atoms with Gasteiger partial charge in [0.2, 0.25) is 5.91 Å². The van der Waals surface area contributed by atoms with E-state index in [1.807, 2.05) is 26.0 Å². The van der Waals surface area contributed by atoms with Gasteiger partial charge in [-0.1, -0.05) is 25.9 Å². The number of carbonyl (C=O) groups is 2. The van der Waals surface area contributed by atoms with Gasteiger partial charge in [-0.05, 0) is 81.8 Å². The first-order chi connectivity index (χ1) is 17.0. The Kier molecular flexibility index (Phi) is 7.71. The molecule has 1 N–H and O–H groups in total. The normalized spacial score (nSPS) is 20.5. The quantitative estimate of drug-likeness (QED) is 0.368. The van der Waals surface area contributed by atoms with Crippen LogP contribution in [-0.4, -0.2) is 22.0 Å². The first kappa shape index (κ1) is 26.2. The van der Waals surface area contributed by atoms with Crippen LogP contribution >= 0.6 is 0 Å². The summed E-state index contributed by atoms with van der Waals surface area (Å²) in [6, 6.07) is 3.70. The maximum Gasteiger partial charge on any atom is 0.286 e. The van der Waals surface area contributed by atoms with Crippen LogP contribution in [0.4, 0.5) is 5.69 Å². The van der Waals surface area contributed by atoms with Gasteiger partial charge in [-0.2, -0.15) is 0 Å². The van der Waals surface area contributed by atoms with Gasteiger partial charge in [0.25, 0.3) is 5.91 Å². The molecule has 2 amide bonds. The summed E-state index contributed by atoms with van der Waals surface area (Å²) >= 11 is 0. The van der Waals surface area contributed by atoms with Crippen LogP contribution in [0.3, 0.4) is 0 Å². The molecule has 2 saturated carbocycles. The second-order valence-electron chi connectivity index (χ2n) is 12.0. The van der Waals surface area contributed by atoms with Gasteiger partial charge >= 0.3 is 0 Å². The van der Waals surface area contributed by atoms with Gasteiger partial charge in [0.1, 0.15) is 5.76 Å². The van der Waals surface area contributed by atoms with Crippen molar-refractivity contribution in [3.63, 3.8) is 0 Å². The molecule has 0 unspecified atom stereocenters. The predicted molar refractivity (Wildman–Crippen MR) is 138 cm³/mol. The van der Waals surface area contributed by atoms with Gasteiger partial charge < -0.3 is 9.84 Å². The van der Waals surface area contributed by atoms with Crippen molar-refractivity contribution in [1.82, 2.24) is 10.1 Å². The first-order valence-electron chi connectivity index (χ1n) is 13.1. The number of nitroso groups, excluding NO2 is 1. The largest absolute Gasteiger partial charge is 0.361 e. The highest BCUT2D eigenvalue weighted by atomic mass is 16.5. The molecule has 194 valence electrons. The summed E-state index contributed by atoms with van der Waals surface area (Å²) in [5.41, 5.74) is 4.53. The van der Waals surface area contributed by atoms with Gasteiger partial charge in [0.15, 0.2) is 0 Å². The first-order valence-corrected chi connectivity index (χ1v) is 13.1. The minimum Gasteiger partial charge on any atom is -0.361 e. The summed E-state index contributed by atoms with van der Waals surface area (Å²) in [7, 11) is 0. The Hall–Kier alpha value is -2.90. The molecule has 0 saturated heterocycles. The van der Waals surface area contributed by atoms with E-state index in [-0.39, 0.29) is 24.7 Å². The maximum absolute atomic E-state index is 13.1. The van der Waals surface area contributed by atoms with Gasteiger partial charge in [-0.3, -0.25) is 14.6 Å². The lowest BCUT2D eigenvalue weighted by Crippen LogP contribution is -2.26. The number of pyridine rings is 1. The van der Waals surface area contributed by atoms with Crippen LogP contribution in [0.1, 0.15) is 118 Å². The minimum absolute atomic E-state index is 0.0179. The van der Waals surface area contributed by atoms with E-state index in [2.05, 4.69) is 41.4 Å². The van der Waals surface area contributed by atoms with E-state index in [9.17, 15) is 14.5 Å². The van der Waals surface area contributed by atoms with E-state index in [1.54, 1.807) is 0 Å². The second kappa shape index (κ2) is 10.6. The number of hydrogen-bond acceptors (Lipinski definition) is 6. The number of nitrogens with one attached hydrogen (secondary N) is 1. The molecule has 0 aromatic carbocycles. The van der Waals surface area contributed by atoms with E-state index < -0.39 is 5.91 Å². The fourth-order valence-electron chi connectivity index (χ4n) is 5.60. The van der Waals surface area contributed by atoms with E-state index in [0.717, 1.165) is 54.1 Å². The summed E-state index contributed by atoms with van der Waals surface area (Å²) in [6.07, 6.45) is 6.02. The summed E-state index contributed by atoms with van der Waals surface area (Å²) < 4.78 is 5.96. The van der Waals surface area contributed by atoms with Crippen LogP contribution in [0.25, 0.3) is 0 Å².